The van der Waals surface area contributed by atoms with E-state index in [-0.39, 0.29) is 10.3 Å². The van der Waals surface area contributed by atoms with Gasteiger partial charge in [-0.05, 0) is 42.2 Å². The van der Waals surface area contributed by atoms with Gasteiger partial charge in [-0.2, -0.15) is 4.72 Å². The molecule has 3 aromatic carbocycles. The van der Waals surface area contributed by atoms with E-state index >= 15 is 0 Å². The van der Waals surface area contributed by atoms with Crippen molar-refractivity contribution >= 4 is 26.8 Å². The summed E-state index contributed by atoms with van der Waals surface area (Å²) >= 11 is 0. The zero-order valence-corrected chi connectivity index (χ0v) is 21.4. The van der Waals surface area contributed by atoms with Crippen LogP contribution in [0.25, 0.3) is 10.9 Å². The van der Waals surface area contributed by atoms with Crippen LogP contribution in [-0.2, 0) is 35.3 Å². The van der Waals surface area contributed by atoms with Gasteiger partial charge in [0.15, 0.2) is 0 Å². The Hall–Kier alpha value is -4.02. The van der Waals surface area contributed by atoms with Crippen LogP contribution in [0, 0.1) is 0 Å². The first-order valence-corrected chi connectivity index (χ1v) is 13.3. The van der Waals surface area contributed by atoms with E-state index < -0.39 is 33.2 Å². The van der Waals surface area contributed by atoms with Crippen LogP contribution in [0.15, 0.2) is 93.3 Å². The molecule has 0 aliphatic carbocycles. The normalized spacial score (nSPS) is 12.4. The zero-order chi connectivity index (χ0) is 26.6. The van der Waals surface area contributed by atoms with Crippen LogP contribution in [0.1, 0.15) is 23.6 Å². The Morgan fingerprint density at radius 2 is 1.54 bits per heavy atom. The fraction of sp³-hybridized carbons (Fsp3) is 0.222. The van der Waals surface area contributed by atoms with Gasteiger partial charge in [0.25, 0.3) is 5.56 Å². The number of hydrogen-bond acceptors (Lipinski definition) is 5. The van der Waals surface area contributed by atoms with Gasteiger partial charge >= 0.3 is 5.69 Å². The quantitative estimate of drug-likeness (QED) is 0.327. The van der Waals surface area contributed by atoms with Gasteiger partial charge in [-0.3, -0.25) is 18.7 Å². The Morgan fingerprint density at radius 3 is 2.22 bits per heavy atom. The van der Waals surface area contributed by atoms with Crippen molar-refractivity contribution in [1.29, 1.82) is 0 Å². The minimum atomic E-state index is -4.22. The monoisotopic (exact) mass is 520 g/mol. The van der Waals surface area contributed by atoms with Crippen molar-refractivity contribution in [3.63, 3.8) is 0 Å². The molecular weight excluding hydrogens is 492 g/mol. The summed E-state index contributed by atoms with van der Waals surface area (Å²) in [6.45, 7) is 0.374. The first kappa shape index (κ1) is 26.1. The maximum Gasteiger partial charge on any atom is 0.330 e. The second-order valence-corrected chi connectivity index (χ2v) is 10.4. The highest BCUT2D eigenvalue weighted by atomic mass is 32.2. The number of aryl methyl sites for hydroxylation is 2. The maximum atomic E-state index is 13.4. The molecule has 10 heteroatoms. The minimum absolute atomic E-state index is 0.0779. The van der Waals surface area contributed by atoms with E-state index in [1.54, 1.807) is 30.3 Å². The molecule has 1 heterocycles. The molecule has 0 aliphatic heterocycles. The molecule has 1 aromatic heterocycles. The van der Waals surface area contributed by atoms with Crippen LogP contribution in [-0.4, -0.2) is 30.0 Å². The number of nitrogens with zero attached hydrogens (tertiary/aromatic N) is 2. The van der Waals surface area contributed by atoms with E-state index in [2.05, 4.69) is 10.0 Å². The molecule has 1 atom stereocenters. The van der Waals surface area contributed by atoms with Crippen LogP contribution in [0.4, 0.5) is 0 Å². The largest absolute Gasteiger partial charge is 0.354 e. The molecule has 2 N–H and O–H groups in total. The molecular formula is C27H28N4O5S. The number of carbonyl (C=O) groups is 1. The van der Waals surface area contributed by atoms with Crippen LogP contribution in [0.5, 0.6) is 0 Å². The number of hydrogen-bond donors (Lipinski definition) is 2. The molecule has 0 fully saturated rings. The Labute approximate surface area is 214 Å². The lowest BCUT2D eigenvalue weighted by Gasteiger charge is -2.19. The SMILES string of the molecule is Cn1c(=O)c2cc(S(=O)(=O)NC(C(=O)NCCCc3ccccc3)c3ccccc3)ccc2n(C)c1=O. The van der Waals surface area contributed by atoms with E-state index in [1.165, 1.54) is 36.9 Å². The molecule has 1 amide bonds. The van der Waals surface area contributed by atoms with Gasteiger partial charge in [0.1, 0.15) is 6.04 Å². The average molecular weight is 521 g/mol. The molecule has 0 spiro atoms. The lowest BCUT2D eigenvalue weighted by Crippen LogP contribution is -2.41. The third-order valence-corrected chi connectivity index (χ3v) is 7.62. The average Bonchev–Trinajstić information content (AvgIpc) is 2.92. The van der Waals surface area contributed by atoms with Crippen molar-refractivity contribution in [3.8, 4) is 0 Å². The highest BCUT2D eigenvalue weighted by Gasteiger charge is 2.27. The van der Waals surface area contributed by atoms with Crippen molar-refractivity contribution in [1.82, 2.24) is 19.2 Å². The highest BCUT2D eigenvalue weighted by molar-refractivity contribution is 7.89. The first-order chi connectivity index (χ1) is 17.7. The van der Waals surface area contributed by atoms with E-state index in [0.717, 1.165) is 16.6 Å². The van der Waals surface area contributed by atoms with Crippen molar-refractivity contribution in [2.45, 2.75) is 23.8 Å². The Morgan fingerprint density at radius 1 is 0.892 bits per heavy atom. The number of carbonyl (C=O) groups excluding carboxylic acids is 1. The molecule has 0 aliphatic rings. The number of nitrogens with one attached hydrogen (secondary N) is 2. The molecule has 0 saturated carbocycles. The molecule has 0 saturated heterocycles. The third kappa shape index (κ3) is 5.71. The van der Waals surface area contributed by atoms with Crippen LogP contribution >= 0.6 is 0 Å². The molecule has 0 bridgehead atoms. The Bertz CT molecular complexity index is 1650. The van der Waals surface area contributed by atoms with Gasteiger partial charge in [-0.25, -0.2) is 13.2 Å². The standard InChI is InChI=1S/C27H28N4O5S/c1-30-23-16-15-21(18-22(23)26(33)31(2)27(30)34)37(35,36)29-24(20-13-7-4-8-14-20)25(32)28-17-9-12-19-10-5-3-6-11-19/h3-8,10-11,13-16,18,24,29H,9,12,17H2,1-2H3,(H,28,32). The topological polar surface area (TPSA) is 119 Å². The first-order valence-electron chi connectivity index (χ1n) is 11.8. The van der Waals surface area contributed by atoms with Crippen LogP contribution in [0.2, 0.25) is 0 Å². The smallest absolute Gasteiger partial charge is 0.330 e. The van der Waals surface area contributed by atoms with Crippen molar-refractivity contribution < 1.29 is 13.2 Å². The molecule has 9 nitrogen and oxygen atoms in total. The number of amides is 1. The fourth-order valence-corrected chi connectivity index (χ4v) is 5.34. The van der Waals surface area contributed by atoms with Crippen molar-refractivity contribution in [3.05, 3.63) is 111 Å². The van der Waals surface area contributed by atoms with E-state index in [0.29, 0.717) is 24.0 Å². The molecule has 192 valence electrons. The summed E-state index contributed by atoms with van der Waals surface area (Å²) in [5.41, 5.74) is 0.816. The predicted octanol–water partition coefficient (Wildman–Crippen LogP) is 2.01. The molecule has 4 rings (SSSR count). The number of sulfonamides is 1. The molecule has 4 aromatic rings. The lowest BCUT2D eigenvalue weighted by molar-refractivity contribution is -0.122. The third-order valence-electron chi connectivity index (χ3n) is 6.20. The summed E-state index contributed by atoms with van der Waals surface area (Å²) in [7, 11) is -1.38. The van der Waals surface area contributed by atoms with Gasteiger partial charge in [-0.1, -0.05) is 60.7 Å². The summed E-state index contributed by atoms with van der Waals surface area (Å²) in [6, 6.07) is 21.2. The highest BCUT2D eigenvalue weighted by Crippen LogP contribution is 2.20. The second kappa shape index (κ2) is 10.9. The summed E-state index contributed by atoms with van der Waals surface area (Å²) in [5.74, 6) is -0.484. The van der Waals surface area contributed by atoms with Crippen molar-refractivity contribution in [2.75, 3.05) is 6.54 Å². The Kier molecular flexibility index (Phi) is 7.70. The van der Waals surface area contributed by atoms with E-state index in [9.17, 15) is 22.8 Å². The van der Waals surface area contributed by atoms with Crippen LogP contribution < -0.4 is 21.3 Å². The summed E-state index contributed by atoms with van der Waals surface area (Å²) < 4.78 is 31.4. The number of fused-ring (bicyclic) bond motifs is 1. The molecule has 1 unspecified atom stereocenters. The number of aromatic nitrogens is 2. The molecule has 0 radical (unpaired) electrons. The second-order valence-electron chi connectivity index (χ2n) is 8.73. The predicted molar refractivity (Wildman–Crippen MR) is 142 cm³/mol. The summed E-state index contributed by atoms with van der Waals surface area (Å²) in [5, 5.41) is 2.91. The van der Waals surface area contributed by atoms with E-state index in [4.69, 9.17) is 0 Å². The lowest BCUT2D eigenvalue weighted by atomic mass is 10.1. The fourth-order valence-electron chi connectivity index (χ4n) is 4.13. The van der Waals surface area contributed by atoms with Gasteiger partial charge in [-0.15, -0.1) is 0 Å². The van der Waals surface area contributed by atoms with Crippen molar-refractivity contribution in [2.24, 2.45) is 14.1 Å². The summed E-state index contributed by atoms with van der Waals surface area (Å²) in [4.78, 5) is 37.8. The van der Waals surface area contributed by atoms with Gasteiger partial charge < -0.3 is 5.32 Å². The molecule has 37 heavy (non-hydrogen) atoms. The van der Waals surface area contributed by atoms with Crippen LogP contribution in [0.3, 0.4) is 0 Å². The van der Waals surface area contributed by atoms with Gasteiger partial charge in [0.05, 0.1) is 15.8 Å². The minimum Gasteiger partial charge on any atom is -0.354 e. The van der Waals surface area contributed by atoms with Gasteiger partial charge in [0, 0.05) is 20.6 Å². The number of rotatable bonds is 9. The van der Waals surface area contributed by atoms with E-state index in [1.807, 2.05) is 30.3 Å². The summed E-state index contributed by atoms with van der Waals surface area (Å²) in [6.07, 6.45) is 1.47. The Balaban J connectivity index is 1.58. The maximum absolute atomic E-state index is 13.4. The van der Waals surface area contributed by atoms with Gasteiger partial charge in [0.2, 0.25) is 15.9 Å². The number of benzene rings is 3. The zero-order valence-electron chi connectivity index (χ0n) is 20.5.